The Bertz CT molecular complexity index is 1120. The average Bonchev–Trinajstić information content (AvgIpc) is 3.22. The fourth-order valence-electron chi connectivity index (χ4n) is 2.60. The number of amides is 1. The maximum Gasteiger partial charge on any atom is 0.232 e. The number of thiazole rings is 2. The van der Waals surface area contributed by atoms with Gasteiger partial charge in [-0.25, -0.2) is 9.97 Å². The van der Waals surface area contributed by atoms with Crippen molar-refractivity contribution >= 4 is 66.3 Å². The van der Waals surface area contributed by atoms with E-state index in [0.717, 1.165) is 26.6 Å². The van der Waals surface area contributed by atoms with Gasteiger partial charge in [0.2, 0.25) is 5.91 Å². The second-order valence-electron chi connectivity index (χ2n) is 5.94. The normalized spacial score (nSPS) is 10.9. The molecule has 5 nitrogen and oxygen atoms in total. The molecular formula is C19H15ClN4OS2. The van der Waals surface area contributed by atoms with Gasteiger partial charge in [-0.05, 0) is 36.8 Å². The van der Waals surface area contributed by atoms with Crippen molar-refractivity contribution in [2.75, 3.05) is 10.6 Å². The Morgan fingerprint density at radius 3 is 2.81 bits per heavy atom. The molecular weight excluding hydrogens is 400 g/mol. The lowest BCUT2D eigenvalue weighted by atomic mass is 10.2. The number of nitrogens with zero attached hydrogens (tertiary/aromatic N) is 2. The van der Waals surface area contributed by atoms with Crippen LogP contribution >= 0.6 is 34.3 Å². The molecule has 0 bridgehead atoms. The van der Waals surface area contributed by atoms with Gasteiger partial charge in [0.15, 0.2) is 10.3 Å². The third-order valence-corrected chi connectivity index (χ3v) is 5.81. The summed E-state index contributed by atoms with van der Waals surface area (Å²) in [5.74, 6) is -0.133. The van der Waals surface area contributed by atoms with E-state index in [1.165, 1.54) is 22.7 Å². The van der Waals surface area contributed by atoms with Crippen molar-refractivity contribution in [3.8, 4) is 0 Å². The number of rotatable bonds is 5. The largest absolute Gasteiger partial charge is 0.331 e. The van der Waals surface area contributed by atoms with Crippen LogP contribution in [0.1, 0.15) is 11.3 Å². The molecule has 2 heterocycles. The number of carbonyl (C=O) groups is 1. The van der Waals surface area contributed by atoms with E-state index in [1.807, 2.05) is 54.8 Å². The number of nitrogens with one attached hydrogen (secondary N) is 2. The Morgan fingerprint density at radius 1 is 1.15 bits per heavy atom. The molecule has 136 valence electrons. The SMILES string of the molecule is Cc1cccc2sc(NC(=O)Cc3csc(Nc4cccc(Cl)c4)n3)nc12. The van der Waals surface area contributed by atoms with Gasteiger partial charge in [0.1, 0.15) is 0 Å². The summed E-state index contributed by atoms with van der Waals surface area (Å²) in [6.07, 6.45) is 0.197. The molecule has 0 aliphatic heterocycles. The van der Waals surface area contributed by atoms with Gasteiger partial charge in [0.25, 0.3) is 0 Å². The number of benzene rings is 2. The van der Waals surface area contributed by atoms with Crippen LogP contribution in [0.15, 0.2) is 47.8 Å². The van der Waals surface area contributed by atoms with Crippen molar-refractivity contribution in [1.29, 1.82) is 0 Å². The lowest BCUT2D eigenvalue weighted by molar-refractivity contribution is -0.115. The van der Waals surface area contributed by atoms with Crippen LogP contribution in [0.25, 0.3) is 10.2 Å². The number of para-hydroxylation sites is 1. The lowest BCUT2D eigenvalue weighted by Gasteiger charge is -2.02. The van der Waals surface area contributed by atoms with Gasteiger partial charge in [0, 0.05) is 16.1 Å². The predicted molar refractivity (Wildman–Crippen MR) is 114 cm³/mol. The van der Waals surface area contributed by atoms with E-state index in [2.05, 4.69) is 20.6 Å². The van der Waals surface area contributed by atoms with E-state index in [-0.39, 0.29) is 12.3 Å². The van der Waals surface area contributed by atoms with Crippen molar-refractivity contribution in [1.82, 2.24) is 9.97 Å². The van der Waals surface area contributed by atoms with Crippen LogP contribution in [-0.4, -0.2) is 15.9 Å². The van der Waals surface area contributed by atoms with Crippen LogP contribution in [0.3, 0.4) is 0 Å². The van der Waals surface area contributed by atoms with Crippen LogP contribution < -0.4 is 10.6 Å². The number of hydrogen-bond donors (Lipinski definition) is 2. The first kappa shape index (κ1) is 17.9. The standard InChI is InChI=1S/C19H15ClN4OS2/c1-11-4-2-7-15-17(11)24-19(27-15)23-16(25)9-14-10-26-18(22-14)21-13-6-3-5-12(20)8-13/h2-8,10H,9H2,1H3,(H,21,22)(H,23,24,25). The van der Waals surface area contributed by atoms with Crippen molar-refractivity contribution in [2.24, 2.45) is 0 Å². The summed E-state index contributed by atoms with van der Waals surface area (Å²) in [7, 11) is 0. The summed E-state index contributed by atoms with van der Waals surface area (Å²) in [4.78, 5) is 21.3. The van der Waals surface area contributed by atoms with Gasteiger partial charge >= 0.3 is 0 Å². The molecule has 0 saturated heterocycles. The number of aryl methyl sites for hydroxylation is 1. The molecule has 2 aromatic heterocycles. The molecule has 0 aliphatic rings. The highest BCUT2D eigenvalue weighted by Crippen LogP contribution is 2.28. The molecule has 0 radical (unpaired) electrons. The van der Waals surface area contributed by atoms with Crippen molar-refractivity contribution in [2.45, 2.75) is 13.3 Å². The number of fused-ring (bicyclic) bond motifs is 1. The first-order valence-corrected chi connectivity index (χ1v) is 10.3. The van der Waals surface area contributed by atoms with Crippen molar-refractivity contribution < 1.29 is 4.79 Å². The highest BCUT2D eigenvalue weighted by Gasteiger charge is 2.12. The molecule has 2 aromatic carbocycles. The molecule has 4 aromatic rings. The molecule has 0 aliphatic carbocycles. The van der Waals surface area contributed by atoms with Crippen LogP contribution in [0.2, 0.25) is 5.02 Å². The van der Waals surface area contributed by atoms with Gasteiger partial charge in [-0.2, -0.15) is 0 Å². The Kier molecular flexibility index (Phi) is 5.07. The van der Waals surface area contributed by atoms with E-state index in [9.17, 15) is 4.79 Å². The second kappa shape index (κ2) is 7.64. The maximum atomic E-state index is 12.3. The van der Waals surface area contributed by atoms with E-state index >= 15 is 0 Å². The summed E-state index contributed by atoms with van der Waals surface area (Å²) >= 11 is 8.91. The van der Waals surface area contributed by atoms with Gasteiger partial charge < -0.3 is 10.6 Å². The summed E-state index contributed by atoms with van der Waals surface area (Å²) in [6.45, 7) is 2.01. The quantitative estimate of drug-likeness (QED) is 0.443. The minimum Gasteiger partial charge on any atom is -0.331 e. The topological polar surface area (TPSA) is 66.9 Å². The molecule has 0 fully saturated rings. The third-order valence-electron chi connectivity index (χ3n) is 3.84. The van der Waals surface area contributed by atoms with Crippen LogP contribution in [0, 0.1) is 6.92 Å². The smallest absolute Gasteiger partial charge is 0.232 e. The number of carbonyl (C=O) groups excluding carboxylic acids is 1. The highest BCUT2D eigenvalue weighted by atomic mass is 35.5. The molecule has 0 saturated carbocycles. The van der Waals surface area contributed by atoms with E-state index in [1.54, 1.807) is 0 Å². The molecule has 4 rings (SSSR count). The highest BCUT2D eigenvalue weighted by molar-refractivity contribution is 7.22. The van der Waals surface area contributed by atoms with Gasteiger partial charge in [-0.1, -0.05) is 41.1 Å². The van der Waals surface area contributed by atoms with Gasteiger partial charge in [-0.15, -0.1) is 11.3 Å². The second-order valence-corrected chi connectivity index (χ2v) is 8.27. The molecule has 0 spiro atoms. The minimum absolute atomic E-state index is 0.133. The Hall–Kier alpha value is -2.48. The average molecular weight is 415 g/mol. The molecule has 27 heavy (non-hydrogen) atoms. The first-order chi connectivity index (χ1) is 13.1. The Balaban J connectivity index is 1.40. The zero-order valence-electron chi connectivity index (χ0n) is 14.3. The van der Waals surface area contributed by atoms with Crippen molar-refractivity contribution in [3.63, 3.8) is 0 Å². The monoisotopic (exact) mass is 414 g/mol. The molecule has 0 atom stereocenters. The zero-order chi connectivity index (χ0) is 18.8. The molecule has 0 unspecified atom stereocenters. The summed E-state index contributed by atoms with van der Waals surface area (Å²) in [6, 6.07) is 13.4. The summed E-state index contributed by atoms with van der Waals surface area (Å²) in [5, 5.41) is 9.91. The zero-order valence-corrected chi connectivity index (χ0v) is 16.7. The Morgan fingerprint density at radius 2 is 2.00 bits per heavy atom. The van der Waals surface area contributed by atoms with Crippen molar-refractivity contribution in [3.05, 3.63) is 64.1 Å². The molecule has 1 amide bonds. The lowest BCUT2D eigenvalue weighted by Crippen LogP contribution is -2.14. The van der Waals surface area contributed by atoms with Gasteiger partial charge in [-0.3, -0.25) is 4.79 Å². The number of hydrogen-bond acceptors (Lipinski definition) is 6. The predicted octanol–water partition coefficient (Wildman–Crippen LogP) is 5.64. The van der Waals surface area contributed by atoms with E-state index in [0.29, 0.717) is 15.8 Å². The van der Waals surface area contributed by atoms with Crippen LogP contribution in [-0.2, 0) is 11.2 Å². The van der Waals surface area contributed by atoms with Crippen LogP contribution in [0.4, 0.5) is 16.0 Å². The number of anilines is 3. The van der Waals surface area contributed by atoms with Gasteiger partial charge in [0.05, 0.1) is 22.3 Å². The minimum atomic E-state index is -0.133. The number of halogens is 1. The fourth-order valence-corrected chi connectivity index (χ4v) is 4.48. The van der Waals surface area contributed by atoms with Crippen LogP contribution in [0.5, 0.6) is 0 Å². The fraction of sp³-hybridized carbons (Fsp3) is 0.105. The summed E-state index contributed by atoms with van der Waals surface area (Å²) in [5.41, 5.74) is 3.59. The number of aromatic nitrogens is 2. The summed E-state index contributed by atoms with van der Waals surface area (Å²) < 4.78 is 1.06. The maximum absolute atomic E-state index is 12.3. The van der Waals surface area contributed by atoms with E-state index in [4.69, 9.17) is 11.6 Å². The Labute approximate surface area is 169 Å². The first-order valence-electron chi connectivity index (χ1n) is 8.20. The molecule has 8 heteroatoms. The third kappa shape index (κ3) is 4.27. The molecule has 2 N–H and O–H groups in total. The van der Waals surface area contributed by atoms with E-state index < -0.39 is 0 Å².